The maximum absolute atomic E-state index is 13.8. The molecular weight excluding hydrogens is 324 g/mol. The Kier molecular flexibility index (Phi) is 5.72. The van der Waals surface area contributed by atoms with E-state index in [0.717, 1.165) is 38.6 Å². The number of hydrogen-bond acceptors (Lipinski definition) is 2. The van der Waals surface area contributed by atoms with Gasteiger partial charge in [0.15, 0.2) is 0 Å². The van der Waals surface area contributed by atoms with Crippen LogP contribution >= 0.6 is 0 Å². The zero-order chi connectivity index (χ0) is 17.9. The fourth-order valence-corrected chi connectivity index (χ4v) is 4.24. The molecule has 25 heavy (non-hydrogen) atoms. The summed E-state index contributed by atoms with van der Waals surface area (Å²) in [5.41, 5.74) is -0.158. The first-order chi connectivity index (χ1) is 12.1. The van der Waals surface area contributed by atoms with Gasteiger partial charge in [0.1, 0.15) is 11.6 Å². The van der Waals surface area contributed by atoms with Crippen molar-refractivity contribution >= 4 is 5.91 Å². The van der Waals surface area contributed by atoms with Crippen LogP contribution in [0.2, 0.25) is 0 Å². The van der Waals surface area contributed by atoms with Crippen molar-refractivity contribution in [2.75, 3.05) is 26.8 Å². The second-order valence-electron chi connectivity index (χ2n) is 7.57. The van der Waals surface area contributed by atoms with Crippen molar-refractivity contribution < 1.29 is 18.3 Å². The normalized spacial score (nSPS) is 22.5. The summed E-state index contributed by atoms with van der Waals surface area (Å²) in [6.45, 7) is 1.97. The van der Waals surface area contributed by atoms with Gasteiger partial charge in [-0.1, -0.05) is 12.5 Å². The summed E-state index contributed by atoms with van der Waals surface area (Å²) in [7, 11) is 1.65. The molecule has 1 aromatic rings. The van der Waals surface area contributed by atoms with Gasteiger partial charge in [-0.25, -0.2) is 8.78 Å². The predicted molar refractivity (Wildman–Crippen MR) is 92.1 cm³/mol. The molecule has 5 heteroatoms. The number of carbonyl (C=O) groups is 1. The largest absolute Gasteiger partial charge is 0.384 e. The van der Waals surface area contributed by atoms with Gasteiger partial charge in [0.05, 0.1) is 12.0 Å². The molecule has 3 rings (SSSR count). The number of likely N-dealkylation sites (tertiary alicyclic amines) is 1. The Morgan fingerprint density at radius 1 is 1.28 bits per heavy atom. The quantitative estimate of drug-likeness (QED) is 0.777. The average Bonchev–Trinajstić information content (AvgIpc) is 2.57. The highest BCUT2D eigenvalue weighted by Gasteiger charge is 2.46. The van der Waals surface area contributed by atoms with E-state index >= 15 is 0 Å². The van der Waals surface area contributed by atoms with E-state index in [9.17, 15) is 13.6 Å². The zero-order valence-corrected chi connectivity index (χ0v) is 14.9. The van der Waals surface area contributed by atoms with E-state index in [2.05, 4.69) is 0 Å². The van der Waals surface area contributed by atoms with Crippen LogP contribution in [0, 0.1) is 23.0 Å². The lowest BCUT2D eigenvalue weighted by Gasteiger charge is -2.45. The van der Waals surface area contributed by atoms with Crippen molar-refractivity contribution in [3.63, 3.8) is 0 Å². The number of halogens is 2. The minimum atomic E-state index is -0.475. The van der Waals surface area contributed by atoms with Gasteiger partial charge < -0.3 is 9.64 Å². The summed E-state index contributed by atoms with van der Waals surface area (Å²) in [5, 5.41) is 0. The van der Waals surface area contributed by atoms with Gasteiger partial charge in [-0.2, -0.15) is 0 Å². The van der Waals surface area contributed by atoms with Gasteiger partial charge in [-0.15, -0.1) is 0 Å². The highest BCUT2D eigenvalue weighted by molar-refractivity contribution is 5.84. The fraction of sp³-hybridized carbons (Fsp3) is 0.650. The number of carbonyl (C=O) groups excluding carboxylic acids is 1. The second-order valence-corrected chi connectivity index (χ2v) is 7.57. The second kappa shape index (κ2) is 7.81. The molecule has 0 unspecified atom stereocenters. The van der Waals surface area contributed by atoms with Crippen LogP contribution in [0.3, 0.4) is 0 Å². The smallest absolute Gasteiger partial charge is 0.231 e. The first-order valence-electron chi connectivity index (χ1n) is 9.27. The molecule has 1 aromatic carbocycles. The van der Waals surface area contributed by atoms with Crippen LogP contribution in [0.1, 0.15) is 44.1 Å². The highest BCUT2D eigenvalue weighted by Crippen LogP contribution is 2.43. The van der Waals surface area contributed by atoms with E-state index in [0.29, 0.717) is 31.9 Å². The number of amides is 1. The van der Waals surface area contributed by atoms with Gasteiger partial charge in [0.25, 0.3) is 0 Å². The zero-order valence-electron chi connectivity index (χ0n) is 14.9. The summed E-state index contributed by atoms with van der Waals surface area (Å²) in [4.78, 5) is 14.9. The molecule has 138 valence electrons. The van der Waals surface area contributed by atoms with E-state index in [1.165, 1.54) is 18.2 Å². The van der Waals surface area contributed by atoms with E-state index < -0.39 is 11.6 Å². The minimum Gasteiger partial charge on any atom is -0.384 e. The molecule has 0 spiro atoms. The van der Waals surface area contributed by atoms with E-state index in [-0.39, 0.29) is 16.9 Å². The fourth-order valence-electron chi connectivity index (χ4n) is 4.24. The minimum absolute atomic E-state index is 0.167. The molecule has 1 amide bonds. The Balaban J connectivity index is 1.59. The number of rotatable bonds is 6. The Hall–Kier alpha value is -1.49. The molecule has 0 bridgehead atoms. The Morgan fingerprint density at radius 3 is 2.60 bits per heavy atom. The maximum atomic E-state index is 13.8. The molecule has 1 atom stereocenters. The lowest BCUT2D eigenvalue weighted by atomic mass is 9.68. The van der Waals surface area contributed by atoms with Gasteiger partial charge in [0.2, 0.25) is 5.91 Å². The van der Waals surface area contributed by atoms with Crippen LogP contribution in [0.15, 0.2) is 18.2 Å². The summed E-state index contributed by atoms with van der Waals surface area (Å²) in [5.74, 6) is -0.437. The highest BCUT2D eigenvalue weighted by atomic mass is 19.1. The standard InChI is InChI=1S/C20H27F2NO2/c1-25-14-20(10-4-11-20)19(24)23-12-3-5-15(13-23)8-9-16-17(21)6-2-7-18(16)22/h2,6-7,15H,3-5,8-14H2,1H3/t15-/m0/s1. The van der Waals surface area contributed by atoms with Crippen molar-refractivity contribution in [2.45, 2.75) is 44.9 Å². The number of piperidine rings is 1. The molecule has 1 aliphatic carbocycles. The van der Waals surface area contributed by atoms with Gasteiger partial charge in [0, 0.05) is 25.8 Å². The molecule has 1 heterocycles. The summed E-state index contributed by atoms with van der Waals surface area (Å²) in [6.07, 6.45) is 5.95. The van der Waals surface area contributed by atoms with Crippen molar-refractivity contribution in [1.29, 1.82) is 0 Å². The maximum Gasteiger partial charge on any atom is 0.231 e. The first-order valence-corrected chi connectivity index (χ1v) is 9.27. The molecular formula is C20H27F2NO2. The topological polar surface area (TPSA) is 29.5 Å². The number of nitrogens with zero attached hydrogens (tertiary/aromatic N) is 1. The first kappa shape index (κ1) is 18.3. The third-order valence-corrected chi connectivity index (χ3v) is 5.86. The molecule has 0 N–H and O–H groups in total. The SMILES string of the molecule is COCC1(C(=O)N2CCC[C@@H](CCc3c(F)cccc3F)C2)CCC1. The Bertz CT molecular complexity index is 595. The van der Waals surface area contributed by atoms with E-state index in [1.54, 1.807) is 7.11 Å². The lowest BCUT2D eigenvalue weighted by molar-refractivity contribution is -0.154. The van der Waals surface area contributed by atoms with Crippen molar-refractivity contribution in [3.8, 4) is 0 Å². The third kappa shape index (κ3) is 3.86. The van der Waals surface area contributed by atoms with Crippen molar-refractivity contribution in [1.82, 2.24) is 4.90 Å². The summed E-state index contributed by atoms with van der Waals surface area (Å²) >= 11 is 0. The van der Waals surface area contributed by atoms with Crippen molar-refractivity contribution in [2.24, 2.45) is 11.3 Å². The number of ether oxygens (including phenoxy) is 1. The predicted octanol–water partition coefficient (Wildman–Crippen LogP) is 3.95. The third-order valence-electron chi connectivity index (χ3n) is 5.86. The molecule has 0 radical (unpaired) electrons. The number of methoxy groups -OCH3 is 1. The summed E-state index contributed by atoms with van der Waals surface area (Å²) < 4.78 is 32.9. The lowest BCUT2D eigenvalue weighted by Crippen LogP contribution is -2.53. The Labute approximate surface area is 148 Å². The van der Waals surface area contributed by atoms with Crippen LogP contribution in [0.25, 0.3) is 0 Å². The number of hydrogen-bond donors (Lipinski definition) is 0. The van der Waals surface area contributed by atoms with Crippen LogP contribution in [-0.4, -0.2) is 37.6 Å². The monoisotopic (exact) mass is 351 g/mol. The van der Waals surface area contributed by atoms with Gasteiger partial charge in [-0.05, 0) is 56.6 Å². The van der Waals surface area contributed by atoms with E-state index in [4.69, 9.17) is 4.74 Å². The molecule has 1 saturated carbocycles. The van der Waals surface area contributed by atoms with Gasteiger partial charge in [-0.3, -0.25) is 4.79 Å². The van der Waals surface area contributed by atoms with Gasteiger partial charge >= 0.3 is 0 Å². The average molecular weight is 351 g/mol. The molecule has 3 nitrogen and oxygen atoms in total. The van der Waals surface area contributed by atoms with Crippen LogP contribution < -0.4 is 0 Å². The molecule has 1 saturated heterocycles. The summed E-state index contributed by atoms with van der Waals surface area (Å²) in [6, 6.07) is 4.00. The van der Waals surface area contributed by atoms with E-state index in [1.807, 2.05) is 4.90 Å². The molecule has 1 aliphatic heterocycles. The van der Waals surface area contributed by atoms with Crippen LogP contribution in [0.4, 0.5) is 8.78 Å². The Morgan fingerprint density at radius 2 is 2.00 bits per heavy atom. The molecule has 0 aromatic heterocycles. The van der Waals surface area contributed by atoms with Crippen molar-refractivity contribution in [3.05, 3.63) is 35.4 Å². The molecule has 2 fully saturated rings. The van der Waals surface area contributed by atoms with Crippen LogP contribution in [0.5, 0.6) is 0 Å². The van der Waals surface area contributed by atoms with Crippen LogP contribution in [-0.2, 0) is 16.0 Å². The molecule has 2 aliphatic rings. The number of benzene rings is 1.